The van der Waals surface area contributed by atoms with E-state index in [2.05, 4.69) is 43.6 Å². The first-order valence-corrected chi connectivity index (χ1v) is 8.99. The first-order chi connectivity index (χ1) is 12.7. The summed E-state index contributed by atoms with van der Waals surface area (Å²) in [5.74, 6) is 0.818. The zero-order valence-corrected chi connectivity index (χ0v) is 15.0. The molecule has 0 radical (unpaired) electrons. The summed E-state index contributed by atoms with van der Waals surface area (Å²) in [6.45, 7) is 4.80. The van der Waals surface area contributed by atoms with Gasteiger partial charge in [0.1, 0.15) is 11.6 Å². The van der Waals surface area contributed by atoms with Crippen LogP contribution in [0, 0.1) is 5.82 Å². The molecule has 4 nitrogen and oxygen atoms in total. The van der Waals surface area contributed by atoms with Crippen molar-refractivity contribution in [3.05, 3.63) is 72.3 Å². The number of nitrogens with zero attached hydrogens (tertiary/aromatic N) is 4. The maximum absolute atomic E-state index is 13.1. The monoisotopic (exact) mass is 350 g/mol. The molecule has 1 fully saturated rings. The number of para-hydroxylation sites is 1. The maximum atomic E-state index is 13.1. The molecule has 2 heterocycles. The number of hydrogen-bond acceptors (Lipinski definition) is 3. The zero-order valence-electron chi connectivity index (χ0n) is 15.0. The first-order valence-electron chi connectivity index (χ1n) is 8.99. The molecule has 0 bridgehead atoms. The maximum Gasteiger partial charge on any atom is 0.141 e. The smallest absolute Gasteiger partial charge is 0.141 e. The van der Waals surface area contributed by atoms with Crippen LogP contribution in [0.5, 0.6) is 0 Å². The predicted molar refractivity (Wildman–Crippen MR) is 103 cm³/mol. The van der Waals surface area contributed by atoms with Gasteiger partial charge in [0.25, 0.3) is 0 Å². The van der Waals surface area contributed by atoms with Crippen molar-refractivity contribution in [3.8, 4) is 11.4 Å². The van der Waals surface area contributed by atoms with E-state index in [0.717, 1.165) is 44.1 Å². The summed E-state index contributed by atoms with van der Waals surface area (Å²) in [5.41, 5.74) is 3.57. The van der Waals surface area contributed by atoms with Gasteiger partial charge in [0.2, 0.25) is 0 Å². The van der Waals surface area contributed by atoms with Crippen LogP contribution >= 0.6 is 0 Å². The Morgan fingerprint density at radius 3 is 2.38 bits per heavy atom. The van der Waals surface area contributed by atoms with Crippen LogP contribution in [0.25, 0.3) is 11.4 Å². The molecule has 4 rings (SSSR count). The van der Waals surface area contributed by atoms with E-state index in [-0.39, 0.29) is 5.82 Å². The van der Waals surface area contributed by atoms with Gasteiger partial charge in [-0.15, -0.1) is 0 Å². The summed E-state index contributed by atoms with van der Waals surface area (Å²) in [5, 5.41) is 0. The average Bonchev–Trinajstić information content (AvgIpc) is 3.10. The van der Waals surface area contributed by atoms with E-state index in [4.69, 9.17) is 0 Å². The number of aryl methyl sites for hydroxylation is 1. The summed E-state index contributed by atoms with van der Waals surface area (Å²) >= 11 is 0. The van der Waals surface area contributed by atoms with Crippen molar-refractivity contribution in [2.75, 3.05) is 31.1 Å². The SMILES string of the molecule is Cn1ccnc1-c1ccccc1N1CCN(Cc2ccc(F)cc2)CC1. The lowest BCUT2D eigenvalue weighted by Gasteiger charge is -2.37. The van der Waals surface area contributed by atoms with Crippen molar-refractivity contribution >= 4 is 5.69 Å². The second-order valence-electron chi connectivity index (χ2n) is 6.77. The molecule has 0 spiro atoms. The standard InChI is InChI=1S/C21H23FN4/c1-24-11-10-23-21(24)19-4-2-3-5-20(19)26-14-12-25(13-15-26)16-17-6-8-18(22)9-7-17/h2-11H,12-16H2,1H3. The van der Waals surface area contributed by atoms with Crippen LogP contribution in [0.4, 0.5) is 10.1 Å². The quantitative estimate of drug-likeness (QED) is 0.719. The Morgan fingerprint density at radius 1 is 0.962 bits per heavy atom. The molecule has 1 aromatic heterocycles. The molecule has 26 heavy (non-hydrogen) atoms. The highest BCUT2D eigenvalue weighted by molar-refractivity contribution is 5.74. The average molecular weight is 350 g/mol. The van der Waals surface area contributed by atoms with Gasteiger partial charge in [0.15, 0.2) is 0 Å². The lowest BCUT2D eigenvalue weighted by atomic mass is 10.1. The molecule has 1 aliphatic heterocycles. The highest BCUT2D eigenvalue weighted by Gasteiger charge is 2.20. The third kappa shape index (κ3) is 3.48. The number of hydrogen-bond donors (Lipinski definition) is 0. The Labute approximate surface area is 153 Å². The van der Waals surface area contributed by atoms with Gasteiger partial charge in [-0.2, -0.15) is 0 Å². The molecule has 3 aromatic rings. The van der Waals surface area contributed by atoms with Crippen LogP contribution in [0.15, 0.2) is 60.9 Å². The molecule has 2 aromatic carbocycles. The fraction of sp³-hybridized carbons (Fsp3) is 0.286. The third-order valence-corrected chi connectivity index (χ3v) is 5.00. The molecule has 1 saturated heterocycles. The van der Waals surface area contributed by atoms with Crippen LogP contribution in [0.3, 0.4) is 0 Å². The lowest BCUT2D eigenvalue weighted by molar-refractivity contribution is 0.250. The zero-order chi connectivity index (χ0) is 17.9. The summed E-state index contributed by atoms with van der Waals surface area (Å²) in [7, 11) is 2.03. The summed E-state index contributed by atoms with van der Waals surface area (Å²) < 4.78 is 15.1. The van der Waals surface area contributed by atoms with E-state index in [1.54, 1.807) is 0 Å². The van der Waals surface area contributed by atoms with Gasteiger partial charge in [0, 0.05) is 63.4 Å². The van der Waals surface area contributed by atoms with Crippen molar-refractivity contribution in [2.24, 2.45) is 7.05 Å². The fourth-order valence-electron chi connectivity index (χ4n) is 3.56. The molecule has 0 amide bonds. The van der Waals surface area contributed by atoms with Crippen molar-refractivity contribution in [2.45, 2.75) is 6.54 Å². The van der Waals surface area contributed by atoms with E-state index in [0.29, 0.717) is 0 Å². The number of piperazine rings is 1. The van der Waals surface area contributed by atoms with Crippen LogP contribution in [0.2, 0.25) is 0 Å². The first kappa shape index (κ1) is 16.8. The van der Waals surface area contributed by atoms with Crippen LogP contribution in [0.1, 0.15) is 5.56 Å². The van der Waals surface area contributed by atoms with E-state index in [9.17, 15) is 4.39 Å². The van der Waals surface area contributed by atoms with Gasteiger partial charge in [-0.3, -0.25) is 4.90 Å². The number of anilines is 1. The Hall–Kier alpha value is -2.66. The summed E-state index contributed by atoms with van der Waals surface area (Å²) in [6.07, 6.45) is 3.82. The minimum atomic E-state index is -0.176. The Morgan fingerprint density at radius 2 is 1.69 bits per heavy atom. The van der Waals surface area contributed by atoms with Crippen molar-refractivity contribution in [1.82, 2.24) is 14.5 Å². The molecule has 0 aliphatic carbocycles. The van der Waals surface area contributed by atoms with Gasteiger partial charge < -0.3 is 9.47 Å². The van der Waals surface area contributed by atoms with Crippen LogP contribution in [-0.2, 0) is 13.6 Å². The molecule has 0 unspecified atom stereocenters. The fourth-order valence-corrected chi connectivity index (χ4v) is 3.56. The van der Waals surface area contributed by atoms with E-state index in [1.807, 2.05) is 31.6 Å². The number of aromatic nitrogens is 2. The molecule has 1 aliphatic rings. The van der Waals surface area contributed by atoms with Crippen molar-refractivity contribution in [1.29, 1.82) is 0 Å². The van der Waals surface area contributed by atoms with Gasteiger partial charge >= 0.3 is 0 Å². The Kier molecular flexibility index (Phi) is 4.71. The number of rotatable bonds is 4. The highest BCUT2D eigenvalue weighted by atomic mass is 19.1. The third-order valence-electron chi connectivity index (χ3n) is 5.00. The number of imidazole rings is 1. The molecule has 0 saturated carbocycles. The van der Waals surface area contributed by atoms with Crippen LogP contribution in [-0.4, -0.2) is 40.6 Å². The normalized spacial score (nSPS) is 15.4. The molecule has 0 atom stereocenters. The summed E-state index contributed by atoms with van der Waals surface area (Å²) in [4.78, 5) is 9.37. The van der Waals surface area contributed by atoms with Gasteiger partial charge in [-0.05, 0) is 29.8 Å². The molecular weight excluding hydrogens is 327 g/mol. The Balaban J connectivity index is 1.45. The molecular formula is C21H23FN4. The largest absolute Gasteiger partial charge is 0.368 e. The topological polar surface area (TPSA) is 24.3 Å². The second-order valence-corrected chi connectivity index (χ2v) is 6.77. The van der Waals surface area contributed by atoms with Crippen molar-refractivity contribution < 1.29 is 4.39 Å². The number of benzene rings is 2. The minimum Gasteiger partial charge on any atom is -0.368 e. The lowest BCUT2D eigenvalue weighted by Crippen LogP contribution is -2.46. The second kappa shape index (κ2) is 7.30. The van der Waals surface area contributed by atoms with E-state index in [1.165, 1.54) is 23.4 Å². The molecule has 0 N–H and O–H groups in total. The van der Waals surface area contributed by atoms with Crippen molar-refractivity contribution in [3.63, 3.8) is 0 Å². The summed E-state index contributed by atoms with van der Waals surface area (Å²) in [6, 6.07) is 15.3. The predicted octanol–water partition coefficient (Wildman–Crippen LogP) is 3.55. The van der Waals surface area contributed by atoms with E-state index >= 15 is 0 Å². The molecule has 134 valence electrons. The van der Waals surface area contributed by atoms with Crippen LogP contribution < -0.4 is 4.90 Å². The van der Waals surface area contributed by atoms with Gasteiger partial charge in [-0.25, -0.2) is 9.37 Å². The minimum absolute atomic E-state index is 0.176. The number of halogens is 1. The van der Waals surface area contributed by atoms with Gasteiger partial charge in [-0.1, -0.05) is 24.3 Å². The Bertz CT molecular complexity index is 864. The van der Waals surface area contributed by atoms with Gasteiger partial charge in [0.05, 0.1) is 0 Å². The molecule has 5 heteroatoms. The van der Waals surface area contributed by atoms with E-state index < -0.39 is 0 Å². The highest BCUT2D eigenvalue weighted by Crippen LogP contribution is 2.30.